The van der Waals surface area contributed by atoms with Gasteiger partial charge in [0.25, 0.3) is 5.91 Å². The van der Waals surface area contributed by atoms with Gasteiger partial charge in [-0.05, 0) is 63.2 Å². The van der Waals surface area contributed by atoms with E-state index in [0.29, 0.717) is 35.8 Å². The van der Waals surface area contributed by atoms with Crippen LogP contribution in [0.25, 0.3) is 0 Å². The van der Waals surface area contributed by atoms with Gasteiger partial charge in [0.15, 0.2) is 11.8 Å². The summed E-state index contributed by atoms with van der Waals surface area (Å²) in [6.45, 7) is 6.33. The summed E-state index contributed by atoms with van der Waals surface area (Å²) in [5.41, 5.74) is 1.12. The monoisotopic (exact) mass is 574 g/mol. The normalized spacial score (nSPS) is 15.8. The Morgan fingerprint density at radius 2 is 1.48 bits per heavy atom. The molecule has 220 valence electrons. The second kappa shape index (κ2) is 13.3. The van der Waals surface area contributed by atoms with Crippen molar-refractivity contribution in [1.29, 1.82) is 0 Å². The summed E-state index contributed by atoms with van der Waals surface area (Å²) >= 11 is 0. The number of nitrogens with zero attached hydrogens (tertiary/aromatic N) is 1. The average molecular weight is 575 g/mol. The molecule has 1 heterocycles. The standard InChI is InChI=1S/C31H34N4O7/c1-4-41-27(42-5-2)19-35-25-9-7-6-8-24(25)31(29(35)39,18-26(36)32-22-14-10-20(3)11-15-22)34-30(40)33-23-16-12-21(13-17-23)28(37)38/h6-17,27H,4-5,18-19H2,1-3H3,(H,32,36)(H,37,38)(H2,33,34,40). The predicted molar refractivity (Wildman–Crippen MR) is 157 cm³/mol. The van der Waals surface area contributed by atoms with Crippen LogP contribution >= 0.6 is 0 Å². The van der Waals surface area contributed by atoms with Gasteiger partial charge in [-0.2, -0.15) is 0 Å². The number of carbonyl (C=O) groups excluding carboxylic acids is 3. The van der Waals surface area contributed by atoms with Crippen molar-refractivity contribution in [3.8, 4) is 0 Å². The molecule has 0 fully saturated rings. The fourth-order valence-electron chi connectivity index (χ4n) is 4.85. The van der Waals surface area contributed by atoms with E-state index in [1.165, 1.54) is 29.2 Å². The third-order valence-electron chi connectivity index (χ3n) is 6.78. The number of benzene rings is 3. The molecule has 0 bridgehead atoms. The summed E-state index contributed by atoms with van der Waals surface area (Å²) in [6.07, 6.45) is -1.12. The van der Waals surface area contributed by atoms with E-state index in [0.717, 1.165) is 5.56 Å². The lowest BCUT2D eigenvalue weighted by Crippen LogP contribution is -2.56. The second-order valence-electron chi connectivity index (χ2n) is 9.73. The van der Waals surface area contributed by atoms with Gasteiger partial charge < -0.3 is 35.4 Å². The van der Waals surface area contributed by atoms with E-state index in [4.69, 9.17) is 14.6 Å². The maximum atomic E-state index is 14.3. The molecule has 0 radical (unpaired) electrons. The molecule has 1 atom stereocenters. The van der Waals surface area contributed by atoms with Gasteiger partial charge in [-0.15, -0.1) is 0 Å². The van der Waals surface area contributed by atoms with E-state index in [1.807, 2.05) is 32.9 Å². The van der Waals surface area contributed by atoms with Gasteiger partial charge in [0.05, 0.1) is 24.2 Å². The molecule has 1 aliphatic rings. The van der Waals surface area contributed by atoms with Crippen molar-refractivity contribution in [1.82, 2.24) is 5.32 Å². The molecule has 11 heteroatoms. The summed E-state index contributed by atoms with van der Waals surface area (Å²) < 4.78 is 11.4. The van der Waals surface area contributed by atoms with Crippen molar-refractivity contribution >= 4 is 40.9 Å². The van der Waals surface area contributed by atoms with Crippen LogP contribution in [0.4, 0.5) is 21.9 Å². The number of aromatic carboxylic acids is 1. The van der Waals surface area contributed by atoms with Gasteiger partial charge in [0.1, 0.15) is 0 Å². The molecule has 1 unspecified atom stereocenters. The fourth-order valence-corrected chi connectivity index (χ4v) is 4.85. The van der Waals surface area contributed by atoms with Crippen molar-refractivity contribution in [3.05, 3.63) is 89.5 Å². The van der Waals surface area contributed by atoms with Crippen LogP contribution in [0.5, 0.6) is 0 Å². The number of nitrogens with one attached hydrogen (secondary N) is 3. The molecule has 3 aromatic rings. The minimum atomic E-state index is -1.76. The maximum Gasteiger partial charge on any atom is 0.335 e. The van der Waals surface area contributed by atoms with E-state index in [1.54, 1.807) is 36.4 Å². The molecule has 42 heavy (non-hydrogen) atoms. The van der Waals surface area contributed by atoms with E-state index in [2.05, 4.69) is 16.0 Å². The number of ether oxygens (including phenoxy) is 2. The Kier molecular flexibility index (Phi) is 9.56. The Morgan fingerprint density at radius 1 is 0.881 bits per heavy atom. The van der Waals surface area contributed by atoms with Crippen molar-refractivity contribution < 1.29 is 33.8 Å². The number of rotatable bonds is 12. The zero-order valence-electron chi connectivity index (χ0n) is 23.7. The van der Waals surface area contributed by atoms with Crippen LogP contribution in [0.2, 0.25) is 0 Å². The van der Waals surface area contributed by atoms with E-state index in [9.17, 15) is 19.2 Å². The molecule has 4 rings (SSSR count). The van der Waals surface area contributed by atoms with E-state index in [-0.39, 0.29) is 12.1 Å². The Balaban J connectivity index is 1.68. The predicted octanol–water partition coefficient (Wildman–Crippen LogP) is 4.48. The molecule has 4 N–H and O–H groups in total. The molecule has 0 aromatic heterocycles. The highest BCUT2D eigenvalue weighted by atomic mass is 16.7. The van der Waals surface area contributed by atoms with Crippen LogP contribution in [-0.2, 0) is 24.6 Å². The van der Waals surface area contributed by atoms with Gasteiger partial charge >= 0.3 is 12.0 Å². The van der Waals surface area contributed by atoms with Crippen LogP contribution in [0, 0.1) is 6.92 Å². The quantitative estimate of drug-likeness (QED) is 0.233. The highest BCUT2D eigenvalue weighted by Gasteiger charge is 2.53. The topological polar surface area (TPSA) is 146 Å². The number of anilines is 3. The molecule has 0 spiro atoms. The number of carboxylic acids is 1. The smallest absolute Gasteiger partial charge is 0.335 e. The minimum Gasteiger partial charge on any atom is -0.478 e. The molecule has 1 aliphatic heterocycles. The first-order valence-corrected chi connectivity index (χ1v) is 13.6. The number of carboxylic acid groups (broad SMARTS) is 1. The van der Waals surface area contributed by atoms with Crippen LogP contribution < -0.4 is 20.9 Å². The molecule has 11 nitrogen and oxygen atoms in total. The Labute approximate surface area is 243 Å². The lowest BCUT2D eigenvalue weighted by Gasteiger charge is -2.30. The molecule has 4 amide bonds. The van der Waals surface area contributed by atoms with Gasteiger partial charge in [0, 0.05) is 30.2 Å². The van der Waals surface area contributed by atoms with Gasteiger partial charge in [0.2, 0.25) is 5.91 Å². The summed E-state index contributed by atoms with van der Waals surface area (Å²) in [6, 6.07) is 19.0. The molecular formula is C31H34N4O7. The third kappa shape index (κ3) is 6.76. The first-order chi connectivity index (χ1) is 20.2. The van der Waals surface area contributed by atoms with Crippen molar-refractivity contribution in [2.24, 2.45) is 0 Å². The Bertz CT molecular complexity index is 1440. The summed E-state index contributed by atoms with van der Waals surface area (Å²) in [7, 11) is 0. The van der Waals surface area contributed by atoms with Crippen molar-refractivity contribution in [2.45, 2.75) is 39.0 Å². The Morgan fingerprint density at radius 3 is 2.10 bits per heavy atom. The number of hydrogen-bond donors (Lipinski definition) is 4. The van der Waals surface area contributed by atoms with Crippen LogP contribution in [0.3, 0.4) is 0 Å². The van der Waals surface area contributed by atoms with Crippen molar-refractivity contribution in [3.63, 3.8) is 0 Å². The van der Waals surface area contributed by atoms with Gasteiger partial charge in [-0.1, -0.05) is 35.9 Å². The van der Waals surface area contributed by atoms with Crippen LogP contribution in [0.15, 0.2) is 72.8 Å². The molecular weight excluding hydrogens is 540 g/mol. The summed E-state index contributed by atoms with van der Waals surface area (Å²) in [4.78, 5) is 53.8. The zero-order chi connectivity index (χ0) is 30.3. The number of amides is 4. The Hall–Kier alpha value is -4.74. The lowest BCUT2D eigenvalue weighted by molar-refractivity contribution is -0.138. The molecule has 0 saturated carbocycles. The number of aryl methyl sites for hydroxylation is 1. The highest BCUT2D eigenvalue weighted by Crippen LogP contribution is 2.43. The van der Waals surface area contributed by atoms with E-state index < -0.39 is 42.1 Å². The molecule has 3 aromatic carbocycles. The first kappa shape index (κ1) is 30.2. The number of carbonyl (C=O) groups is 4. The minimum absolute atomic E-state index is 0.0405. The molecule has 0 aliphatic carbocycles. The third-order valence-corrected chi connectivity index (χ3v) is 6.78. The first-order valence-electron chi connectivity index (χ1n) is 13.6. The van der Waals surface area contributed by atoms with Crippen molar-refractivity contribution in [2.75, 3.05) is 35.3 Å². The fraction of sp³-hybridized carbons (Fsp3) is 0.290. The average Bonchev–Trinajstić information content (AvgIpc) is 3.17. The molecule has 0 saturated heterocycles. The largest absolute Gasteiger partial charge is 0.478 e. The summed E-state index contributed by atoms with van der Waals surface area (Å²) in [5, 5.41) is 17.4. The van der Waals surface area contributed by atoms with Crippen LogP contribution in [-0.4, -0.2) is 55.0 Å². The van der Waals surface area contributed by atoms with Gasteiger partial charge in [-0.25, -0.2) is 9.59 Å². The number of hydrogen-bond acceptors (Lipinski definition) is 6. The van der Waals surface area contributed by atoms with Gasteiger partial charge in [-0.3, -0.25) is 9.59 Å². The summed E-state index contributed by atoms with van der Waals surface area (Å²) in [5.74, 6) is -2.11. The second-order valence-corrected chi connectivity index (χ2v) is 9.73. The highest BCUT2D eigenvalue weighted by molar-refractivity contribution is 6.13. The number of fused-ring (bicyclic) bond motifs is 1. The van der Waals surface area contributed by atoms with E-state index >= 15 is 0 Å². The number of para-hydroxylation sites is 1. The lowest BCUT2D eigenvalue weighted by atomic mass is 9.87. The van der Waals surface area contributed by atoms with Crippen LogP contribution in [0.1, 0.15) is 41.8 Å². The number of urea groups is 1. The zero-order valence-corrected chi connectivity index (χ0v) is 23.7. The maximum absolute atomic E-state index is 14.3. The SMILES string of the molecule is CCOC(CN1C(=O)C(CC(=O)Nc2ccc(C)cc2)(NC(=O)Nc2ccc(C(=O)O)cc2)c2ccccc21)OCC.